The van der Waals surface area contributed by atoms with Gasteiger partial charge in [0.05, 0.1) is 22.8 Å². The van der Waals surface area contributed by atoms with Crippen LogP contribution in [0.3, 0.4) is 0 Å². The zero-order chi connectivity index (χ0) is 25.7. The molecule has 1 N–H and O–H groups in total. The van der Waals surface area contributed by atoms with Gasteiger partial charge in [0.15, 0.2) is 0 Å². The van der Waals surface area contributed by atoms with Gasteiger partial charge in [-0.15, -0.1) is 0 Å². The minimum atomic E-state index is -0.504. The Kier molecular flexibility index (Phi) is 5.78. The molecule has 182 valence electrons. The van der Waals surface area contributed by atoms with E-state index >= 15 is 0 Å². The van der Waals surface area contributed by atoms with Crippen LogP contribution in [0.15, 0.2) is 88.8 Å². The molecule has 2 aromatic heterocycles. The monoisotopic (exact) mass is 526 g/mol. The highest BCUT2D eigenvalue weighted by Gasteiger charge is 2.35. The molecule has 5 aromatic rings. The summed E-state index contributed by atoms with van der Waals surface area (Å²) >= 11 is 13.0. The standard InChI is InChI=1S/C29H20Cl2N4O2/c1-16(36)35-25(21-13-18-9-5-6-10-22(18)32-28(21)31)15-24(34-35)27-26(17-7-3-2-4-8-17)20-14-19(30)11-12-23(20)33-29(27)37/h2-14,25H,15H2,1H3,(H,33,37)/t25-/m0/s1. The van der Waals surface area contributed by atoms with E-state index in [0.29, 0.717) is 44.5 Å². The largest absolute Gasteiger partial charge is 0.321 e. The van der Waals surface area contributed by atoms with Crippen molar-refractivity contribution in [1.29, 1.82) is 0 Å². The fourth-order valence-electron chi connectivity index (χ4n) is 4.98. The van der Waals surface area contributed by atoms with Crippen LogP contribution < -0.4 is 5.56 Å². The summed E-state index contributed by atoms with van der Waals surface area (Å²) in [6.07, 6.45) is 0.300. The molecule has 1 aliphatic rings. The van der Waals surface area contributed by atoms with Gasteiger partial charge in [0, 0.05) is 45.8 Å². The predicted molar refractivity (Wildman–Crippen MR) is 148 cm³/mol. The highest BCUT2D eigenvalue weighted by atomic mass is 35.5. The van der Waals surface area contributed by atoms with Gasteiger partial charge in [-0.1, -0.05) is 71.7 Å². The number of hydrogen-bond donors (Lipinski definition) is 1. The number of halogens is 2. The zero-order valence-corrected chi connectivity index (χ0v) is 21.2. The highest BCUT2D eigenvalue weighted by molar-refractivity contribution is 6.32. The maximum Gasteiger partial charge on any atom is 0.258 e. The lowest BCUT2D eigenvalue weighted by molar-refractivity contribution is -0.130. The van der Waals surface area contributed by atoms with Crippen LogP contribution in [0.1, 0.15) is 30.5 Å². The first-order valence-electron chi connectivity index (χ1n) is 11.7. The Morgan fingerprint density at radius 2 is 1.73 bits per heavy atom. The number of aromatic amines is 1. The SMILES string of the molecule is CC(=O)N1N=C(c2c(-c3ccccc3)c3cc(Cl)ccc3[nH]c2=O)C[C@H]1c1cc2ccccc2nc1Cl. The van der Waals surface area contributed by atoms with E-state index in [-0.39, 0.29) is 11.5 Å². The number of carbonyl (C=O) groups is 1. The topological polar surface area (TPSA) is 78.4 Å². The maximum atomic E-state index is 13.5. The molecule has 8 heteroatoms. The Hall–Kier alpha value is -4.00. The minimum Gasteiger partial charge on any atom is -0.321 e. The number of nitrogens with one attached hydrogen (secondary N) is 1. The molecule has 0 bridgehead atoms. The van der Waals surface area contributed by atoms with E-state index in [9.17, 15) is 9.59 Å². The number of benzene rings is 3. The van der Waals surface area contributed by atoms with Gasteiger partial charge in [0.25, 0.3) is 5.56 Å². The first-order chi connectivity index (χ1) is 17.9. The molecule has 0 unspecified atom stereocenters. The second-order valence-electron chi connectivity index (χ2n) is 8.95. The number of fused-ring (bicyclic) bond motifs is 2. The van der Waals surface area contributed by atoms with Crippen molar-refractivity contribution >= 4 is 56.6 Å². The van der Waals surface area contributed by atoms with Gasteiger partial charge in [-0.3, -0.25) is 9.59 Å². The van der Waals surface area contributed by atoms with Gasteiger partial charge in [-0.2, -0.15) is 5.10 Å². The Morgan fingerprint density at radius 3 is 2.51 bits per heavy atom. The quantitative estimate of drug-likeness (QED) is 0.264. The molecule has 1 aliphatic heterocycles. The van der Waals surface area contributed by atoms with Crippen LogP contribution in [0.5, 0.6) is 0 Å². The first kappa shape index (κ1) is 23.4. The number of aromatic nitrogens is 2. The number of para-hydroxylation sites is 1. The normalized spacial score (nSPS) is 15.4. The molecule has 0 saturated carbocycles. The summed E-state index contributed by atoms with van der Waals surface area (Å²) in [7, 11) is 0. The van der Waals surface area contributed by atoms with Crippen molar-refractivity contribution in [2.75, 3.05) is 0 Å². The van der Waals surface area contributed by atoms with Crippen molar-refractivity contribution in [2.45, 2.75) is 19.4 Å². The van der Waals surface area contributed by atoms with Crippen LogP contribution >= 0.6 is 23.2 Å². The number of pyridine rings is 2. The summed E-state index contributed by atoms with van der Waals surface area (Å²) in [6.45, 7) is 1.45. The summed E-state index contributed by atoms with van der Waals surface area (Å²) in [6, 6.07) is 24.1. The number of amides is 1. The van der Waals surface area contributed by atoms with Crippen molar-refractivity contribution in [2.24, 2.45) is 5.10 Å². The van der Waals surface area contributed by atoms with Crippen molar-refractivity contribution < 1.29 is 4.79 Å². The summed E-state index contributed by atoms with van der Waals surface area (Å²) < 4.78 is 0. The van der Waals surface area contributed by atoms with E-state index < -0.39 is 6.04 Å². The van der Waals surface area contributed by atoms with Crippen molar-refractivity contribution in [3.8, 4) is 11.1 Å². The summed E-state index contributed by atoms with van der Waals surface area (Å²) in [5.74, 6) is -0.259. The van der Waals surface area contributed by atoms with Crippen LogP contribution in [0.2, 0.25) is 10.2 Å². The van der Waals surface area contributed by atoms with Crippen molar-refractivity contribution in [3.05, 3.63) is 111 Å². The third kappa shape index (κ3) is 4.08. The van der Waals surface area contributed by atoms with E-state index in [1.165, 1.54) is 11.9 Å². The molecule has 0 fully saturated rings. The molecule has 3 aromatic carbocycles. The fourth-order valence-corrected chi connectivity index (χ4v) is 5.43. The van der Waals surface area contributed by atoms with Crippen LogP contribution in [0, 0.1) is 0 Å². The number of H-pyrrole nitrogens is 1. The van der Waals surface area contributed by atoms with E-state index in [4.69, 9.17) is 23.2 Å². The molecular formula is C29H20Cl2N4O2. The third-order valence-electron chi connectivity index (χ3n) is 6.62. The highest BCUT2D eigenvalue weighted by Crippen LogP contribution is 2.39. The van der Waals surface area contributed by atoms with Gasteiger partial charge in [-0.05, 0) is 35.9 Å². The Balaban J connectivity index is 1.56. The Labute approximate surface area is 222 Å². The van der Waals surface area contributed by atoms with Gasteiger partial charge in [0.2, 0.25) is 5.91 Å². The molecule has 0 aliphatic carbocycles. The van der Waals surface area contributed by atoms with E-state index in [0.717, 1.165) is 21.9 Å². The summed E-state index contributed by atoms with van der Waals surface area (Å²) in [5.41, 5.74) is 4.27. The van der Waals surface area contributed by atoms with Crippen LogP contribution in [-0.4, -0.2) is 26.6 Å². The number of nitrogens with zero attached hydrogens (tertiary/aromatic N) is 3. The van der Waals surface area contributed by atoms with E-state index in [1.54, 1.807) is 12.1 Å². The Bertz CT molecular complexity index is 1800. The molecule has 37 heavy (non-hydrogen) atoms. The lowest BCUT2D eigenvalue weighted by Gasteiger charge is -2.21. The second kappa shape index (κ2) is 9.14. The molecule has 1 atom stereocenters. The third-order valence-corrected chi connectivity index (χ3v) is 7.16. The minimum absolute atomic E-state index is 0.259. The first-order valence-corrected chi connectivity index (χ1v) is 12.5. The second-order valence-corrected chi connectivity index (χ2v) is 9.75. The fraction of sp³-hybridized carbons (Fsp3) is 0.103. The molecule has 3 heterocycles. The van der Waals surface area contributed by atoms with Gasteiger partial charge < -0.3 is 4.98 Å². The van der Waals surface area contributed by atoms with Gasteiger partial charge in [0.1, 0.15) is 5.15 Å². The lowest BCUT2D eigenvalue weighted by Crippen LogP contribution is -2.24. The van der Waals surface area contributed by atoms with E-state index in [2.05, 4.69) is 15.1 Å². The average Bonchev–Trinajstić information content (AvgIpc) is 3.33. The van der Waals surface area contributed by atoms with Crippen LogP contribution in [-0.2, 0) is 4.79 Å². The average molecular weight is 527 g/mol. The number of hydrogen-bond acceptors (Lipinski definition) is 4. The molecule has 0 saturated heterocycles. The summed E-state index contributed by atoms with van der Waals surface area (Å²) in [5, 5.41) is 8.61. The number of rotatable bonds is 3. The van der Waals surface area contributed by atoms with Crippen LogP contribution in [0.4, 0.5) is 0 Å². The molecule has 6 nitrogen and oxygen atoms in total. The lowest BCUT2D eigenvalue weighted by atomic mass is 9.91. The van der Waals surface area contributed by atoms with E-state index in [1.807, 2.05) is 66.7 Å². The molecule has 1 amide bonds. The van der Waals surface area contributed by atoms with Gasteiger partial charge >= 0.3 is 0 Å². The summed E-state index contributed by atoms with van der Waals surface area (Å²) in [4.78, 5) is 33.8. The van der Waals surface area contributed by atoms with Crippen molar-refractivity contribution in [3.63, 3.8) is 0 Å². The Morgan fingerprint density at radius 1 is 0.973 bits per heavy atom. The number of hydrazone groups is 1. The molecular weight excluding hydrogens is 507 g/mol. The zero-order valence-electron chi connectivity index (χ0n) is 19.7. The maximum absolute atomic E-state index is 13.5. The molecule has 0 radical (unpaired) electrons. The number of carbonyl (C=O) groups excluding carboxylic acids is 1. The smallest absolute Gasteiger partial charge is 0.258 e. The molecule has 0 spiro atoms. The predicted octanol–water partition coefficient (Wildman–Crippen LogP) is 6.75. The van der Waals surface area contributed by atoms with Crippen LogP contribution in [0.25, 0.3) is 32.9 Å². The molecule has 6 rings (SSSR count). The van der Waals surface area contributed by atoms with Crippen molar-refractivity contribution in [1.82, 2.24) is 15.0 Å². The van der Waals surface area contributed by atoms with Gasteiger partial charge in [-0.25, -0.2) is 9.99 Å².